The van der Waals surface area contributed by atoms with E-state index in [0.717, 1.165) is 31.9 Å². The molecule has 0 saturated carbocycles. The summed E-state index contributed by atoms with van der Waals surface area (Å²) in [7, 11) is 4.15. The van der Waals surface area contributed by atoms with Gasteiger partial charge in [-0.1, -0.05) is 0 Å². The van der Waals surface area contributed by atoms with Crippen LogP contribution in [0.15, 0.2) is 12.4 Å². The molecule has 0 aliphatic carbocycles. The average molecular weight is 238 g/mol. The zero-order valence-corrected chi connectivity index (χ0v) is 10.9. The maximum absolute atomic E-state index is 8.91. The number of aromatic nitrogens is 2. The van der Waals surface area contributed by atoms with Crippen molar-refractivity contribution in [1.82, 2.24) is 14.9 Å². The second-order valence-electron chi connectivity index (χ2n) is 4.26. The normalized spacial score (nSPS) is 10.9. The molecule has 0 spiro atoms. The summed E-state index contributed by atoms with van der Waals surface area (Å²) < 4.78 is 0. The van der Waals surface area contributed by atoms with Crippen LogP contribution in [0.4, 0.5) is 5.82 Å². The molecule has 0 atom stereocenters. The molecule has 1 N–H and O–H groups in total. The third-order valence-corrected chi connectivity index (χ3v) is 2.59. The summed E-state index contributed by atoms with van der Waals surface area (Å²) in [4.78, 5) is 12.8. The van der Waals surface area contributed by atoms with Crippen molar-refractivity contribution in [2.45, 2.75) is 20.0 Å². The van der Waals surface area contributed by atoms with Gasteiger partial charge >= 0.3 is 0 Å². The molecule has 5 heteroatoms. The van der Waals surface area contributed by atoms with Crippen LogP contribution in [0.1, 0.15) is 19.0 Å². The van der Waals surface area contributed by atoms with Crippen LogP contribution in [0.3, 0.4) is 0 Å². The van der Waals surface area contributed by atoms with Gasteiger partial charge in [0.1, 0.15) is 5.82 Å². The van der Waals surface area contributed by atoms with Gasteiger partial charge in [-0.3, -0.25) is 4.98 Å². The average Bonchev–Trinajstić information content (AvgIpc) is 2.34. The van der Waals surface area contributed by atoms with Gasteiger partial charge in [0, 0.05) is 13.1 Å². The van der Waals surface area contributed by atoms with Crippen molar-refractivity contribution >= 4 is 5.82 Å². The highest BCUT2D eigenvalue weighted by atomic mass is 16.3. The van der Waals surface area contributed by atoms with E-state index in [9.17, 15) is 0 Å². The molecule has 0 amide bonds. The van der Waals surface area contributed by atoms with Crippen molar-refractivity contribution in [2.75, 3.05) is 38.6 Å². The van der Waals surface area contributed by atoms with Gasteiger partial charge in [-0.25, -0.2) is 4.98 Å². The van der Waals surface area contributed by atoms with Gasteiger partial charge in [0.2, 0.25) is 0 Å². The smallest absolute Gasteiger partial charge is 0.147 e. The number of hydrogen-bond acceptors (Lipinski definition) is 5. The zero-order chi connectivity index (χ0) is 12.7. The first-order valence-electron chi connectivity index (χ1n) is 5.98. The molecule has 17 heavy (non-hydrogen) atoms. The summed E-state index contributed by atoms with van der Waals surface area (Å²) in [6.45, 7) is 5.01. The maximum atomic E-state index is 8.91. The topological polar surface area (TPSA) is 52.5 Å². The number of aliphatic hydroxyl groups is 1. The lowest BCUT2D eigenvalue weighted by Gasteiger charge is -2.22. The highest BCUT2D eigenvalue weighted by Gasteiger charge is 2.06. The molecule has 0 radical (unpaired) electrons. The molecule has 5 nitrogen and oxygen atoms in total. The summed E-state index contributed by atoms with van der Waals surface area (Å²) in [6.07, 6.45) is 4.46. The first-order chi connectivity index (χ1) is 8.17. The standard InChI is InChI=1S/C12H22N4O/c1-4-16(7-5-6-15(2)3)12-9-13-11(10-17)8-14-12/h8-9,17H,4-7,10H2,1-3H3. The van der Waals surface area contributed by atoms with Gasteiger partial charge in [0.25, 0.3) is 0 Å². The van der Waals surface area contributed by atoms with E-state index < -0.39 is 0 Å². The van der Waals surface area contributed by atoms with Crippen LogP contribution in [0.25, 0.3) is 0 Å². The van der Waals surface area contributed by atoms with Crippen molar-refractivity contribution in [3.8, 4) is 0 Å². The van der Waals surface area contributed by atoms with Crippen molar-refractivity contribution in [3.63, 3.8) is 0 Å². The van der Waals surface area contributed by atoms with Gasteiger partial charge in [-0.2, -0.15) is 0 Å². The van der Waals surface area contributed by atoms with Crippen LogP contribution < -0.4 is 4.90 Å². The van der Waals surface area contributed by atoms with Gasteiger partial charge in [0.05, 0.1) is 24.7 Å². The Labute approximate surface area is 103 Å². The van der Waals surface area contributed by atoms with Crippen molar-refractivity contribution < 1.29 is 5.11 Å². The van der Waals surface area contributed by atoms with E-state index in [1.165, 1.54) is 0 Å². The third-order valence-electron chi connectivity index (χ3n) is 2.59. The molecule has 1 aromatic heterocycles. The van der Waals surface area contributed by atoms with Gasteiger partial charge in [0.15, 0.2) is 0 Å². The predicted molar refractivity (Wildman–Crippen MR) is 69.0 cm³/mol. The molecule has 0 aliphatic rings. The highest BCUT2D eigenvalue weighted by molar-refractivity contribution is 5.35. The van der Waals surface area contributed by atoms with Crippen molar-refractivity contribution in [2.24, 2.45) is 0 Å². The zero-order valence-electron chi connectivity index (χ0n) is 10.9. The predicted octanol–water partition coefficient (Wildman–Crippen LogP) is 0.747. The Hall–Kier alpha value is -1.20. The van der Waals surface area contributed by atoms with E-state index >= 15 is 0 Å². The number of rotatable bonds is 7. The van der Waals surface area contributed by atoms with Crippen LogP contribution in [-0.2, 0) is 6.61 Å². The van der Waals surface area contributed by atoms with Crippen LogP contribution in [0.2, 0.25) is 0 Å². The molecule has 1 aromatic rings. The molecule has 0 unspecified atom stereocenters. The number of nitrogens with zero attached hydrogens (tertiary/aromatic N) is 4. The van der Waals surface area contributed by atoms with Crippen LogP contribution in [-0.4, -0.2) is 53.7 Å². The second kappa shape index (κ2) is 7.19. The molecule has 0 bridgehead atoms. The Morgan fingerprint density at radius 1 is 1.18 bits per heavy atom. The number of aliphatic hydroxyl groups excluding tert-OH is 1. The van der Waals surface area contributed by atoms with E-state index in [-0.39, 0.29) is 6.61 Å². The number of anilines is 1. The first kappa shape index (κ1) is 13.9. The summed E-state index contributed by atoms with van der Waals surface area (Å²) in [5.41, 5.74) is 0.609. The Balaban J connectivity index is 2.53. The van der Waals surface area contributed by atoms with Crippen molar-refractivity contribution in [1.29, 1.82) is 0 Å². The summed E-state index contributed by atoms with van der Waals surface area (Å²) in [5, 5.41) is 8.91. The second-order valence-corrected chi connectivity index (χ2v) is 4.26. The Kier molecular flexibility index (Phi) is 5.86. The highest BCUT2D eigenvalue weighted by Crippen LogP contribution is 2.09. The minimum absolute atomic E-state index is 0.0555. The quantitative estimate of drug-likeness (QED) is 0.759. The van der Waals surface area contributed by atoms with E-state index in [0.29, 0.717) is 5.69 Å². The Morgan fingerprint density at radius 3 is 2.41 bits per heavy atom. The summed E-state index contributed by atoms with van der Waals surface area (Å²) >= 11 is 0. The fourth-order valence-corrected chi connectivity index (χ4v) is 1.61. The summed E-state index contributed by atoms with van der Waals surface area (Å²) in [5.74, 6) is 0.878. The number of hydrogen-bond donors (Lipinski definition) is 1. The fraction of sp³-hybridized carbons (Fsp3) is 0.667. The minimum Gasteiger partial charge on any atom is -0.390 e. The molecule has 1 heterocycles. The third kappa shape index (κ3) is 4.66. The van der Waals surface area contributed by atoms with E-state index in [4.69, 9.17) is 5.11 Å². The molecule has 0 saturated heterocycles. The fourth-order valence-electron chi connectivity index (χ4n) is 1.61. The molecule has 96 valence electrons. The van der Waals surface area contributed by atoms with E-state index in [2.05, 4.69) is 40.8 Å². The maximum Gasteiger partial charge on any atom is 0.147 e. The van der Waals surface area contributed by atoms with Gasteiger partial charge in [-0.15, -0.1) is 0 Å². The van der Waals surface area contributed by atoms with E-state index in [1.54, 1.807) is 12.4 Å². The van der Waals surface area contributed by atoms with Gasteiger partial charge < -0.3 is 14.9 Å². The van der Waals surface area contributed by atoms with E-state index in [1.807, 2.05) is 0 Å². The lowest BCUT2D eigenvalue weighted by atomic mass is 10.3. The van der Waals surface area contributed by atoms with Crippen LogP contribution >= 0.6 is 0 Å². The lowest BCUT2D eigenvalue weighted by Crippen LogP contribution is -2.27. The molecular formula is C12H22N4O. The Bertz CT molecular complexity index is 313. The molecule has 1 rings (SSSR count). The largest absolute Gasteiger partial charge is 0.390 e. The summed E-state index contributed by atoms with van der Waals surface area (Å²) in [6, 6.07) is 0. The molecule has 0 aromatic carbocycles. The Morgan fingerprint density at radius 2 is 1.94 bits per heavy atom. The molecule has 0 fully saturated rings. The van der Waals surface area contributed by atoms with Crippen LogP contribution in [0, 0.1) is 0 Å². The minimum atomic E-state index is -0.0555. The van der Waals surface area contributed by atoms with Crippen LogP contribution in [0.5, 0.6) is 0 Å². The SMILES string of the molecule is CCN(CCCN(C)C)c1cnc(CO)cn1. The first-order valence-corrected chi connectivity index (χ1v) is 5.98. The monoisotopic (exact) mass is 238 g/mol. The molecule has 0 aliphatic heterocycles. The van der Waals surface area contributed by atoms with Crippen molar-refractivity contribution in [3.05, 3.63) is 18.1 Å². The molecular weight excluding hydrogens is 216 g/mol. The van der Waals surface area contributed by atoms with Gasteiger partial charge in [-0.05, 0) is 34.0 Å². The lowest BCUT2D eigenvalue weighted by molar-refractivity contribution is 0.276.